The lowest BCUT2D eigenvalue weighted by molar-refractivity contribution is -0.145. The van der Waals surface area contributed by atoms with E-state index in [1.807, 2.05) is 40.1 Å². The molecule has 0 N–H and O–H groups in total. The highest BCUT2D eigenvalue weighted by atomic mass is 19.4. The third kappa shape index (κ3) is 5.26. The molecule has 0 radical (unpaired) electrons. The minimum absolute atomic E-state index is 0.175. The van der Waals surface area contributed by atoms with Crippen LogP contribution in [0.1, 0.15) is 37.1 Å². The molecule has 31 heavy (non-hydrogen) atoms. The second kappa shape index (κ2) is 9.11. The Morgan fingerprint density at radius 2 is 1.84 bits per heavy atom. The van der Waals surface area contributed by atoms with Gasteiger partial charge in [0.25, 0.3) is 0 Å². The lowest BCUT2D eigenvalue weighted by Crippen LogP contribution is -2.39. The number of anilines is 1. The van der Waals surface area contributed by atoms with E-state index in [2.05, 4.69) is 9.97 Å². The maximum Gasteiger partial charge on any atom is 0.451 e. The minimum atomic E-state index is -4.62. The van der Waals surface area contributed by atoms with Crippen LogP contribution in [0.15, 0.2) is 36.5 Å². The molecule has 0 unspecified atom stereocenters. The summed E-state index contributed by atoms with van der Waals surface area (Å²) in [7, 11) is 0. The molecule has 2 fully saturated rings. The first-order chi connectivity index (χ1) is 14.9. The van der Waals surface area contributed by atoms with Gasteiger partial charge in [-0.05, 0) is 30.7 Å². The summed E-state index contributed by atoms with van der Waals surface area (Å²) < 4.78 is 45.5. The van der Waals surface area contributed by atoms with Crippen LogP contribution in [0, 0.1) is 5.92 Å². The summed E-state index contributed by atoms with van der Waals surface area (Å²) in [5.74, 6) is -0.209. The summed E-state index contributed by atoms with van der Waals surface area (Å²) in [6.45, 7) is 2.86. The summed E-state index contributed by atoms with van der Waals surface area (Å²) >= 11 is 0. The van der Waals surface area contributed by atoms with Crippen molar-refractivity contribution >= 4 is 11.7 Å². The number of halogens is 3. The molecule has 2 aliphatic heterocycles. The molecule has 4 rings (SSSR count). The van der Waals surface area contributed by atoms with Crippen molar-refractivity contribution in [1.82, 2.24) is 14.9 Å². The van der Waals surface area contributed by atoms with Gasteiger partial charge >= 0.3 is 6.18 Å². The standard InChI is InChI=1S/C22H25F3N4O2/c23-22(24,25)21-26-13-18(31-15-17-5-2-1-3-6-17)20(27-21)28-11-8-16(9-12-28)14-29-10-4-7-19(29)30/h1-3,5-6,13,16H,4,7-12,14-15H2. The Morgan fingerprint density at radius 1 is 1.10 bits per heavy atom. The summed E-state index contributed by atoms with van der Waals surface area (Å²) in [5, 5.41) is 0. The number of alkyl halides is 3. The molecule has 0 atom stereocenters. The van der Waals surface area contributed by atoms with Crippen molar-refractivity contribution in [2.45, 2.75) is 38.5 Å². The van der Waals surface area contributed by atoms with Gasteiger partial charge in [0.1, 0.15) is 6.61 Å². The fourth-order valence-corrected chi connectivity index (χ4v) is 4.10. The third-order valence-electron chi connectivity index (χ3n) is 5.79. The van der Waals surface area contributed by atoms with Crippen LogP contribution in [-0.2, 0) is 17.6 Å². The van der Waals surface area contributed by atoms with Gasteiger partial charge in [0.05, 0.1) is 6.20 Å². The largest absolute Gasteiger partial charge is 0.483 e. The van der Waals surface area contributed by atoms with Gasteiger partial charge in [0.2, 0.25) is 11.7 Å². The van der Waals surface area contributed by atoms with Crippen molar-refractivity contribution < 1.29 is 22.7 Å². The lowest BCUT2D eigenvalue weighted by Gasteiger charge is -2.35. The Hall–Kier alpha value is -2.84. The number of rotatable bonds is 6. The van der Waals surface area contributed by atoms with Crippen LogP contribution in [0.25, 0.3) is 0 Å². The number of hydrogen-bond donors (Lipinski definition) is 0. The Kier molecular flexibility index (Phi) is 6.29. The van der Waals surface area contributed by atoms with Crippen molar-refractivity contribution in [2.24, 2.45) is 5.92 Å². The zero-order valence-electron chi connectivity index (χ0n) is 17.1. The van der Waals surface area contributed by atoms with E-state index in [4.69, 9.17) is 4.74 Å². The number of carbonyl (C=O) groups excluding carboxylic acids is 1. The average Bonchev–Trinajstić information content (AvgIpc) is 3.17. The smallest absolute Gasteiger partial charge is 0.451 e. The van der Waals surface area contributed by atoms with Crippen LogP contribution in [0.5, 0.6) is 5.75 Å². The molecule has 6 nitrogen and oxygen atoms in total. The highest BCUT2D eigenvalue weighted by Gasteiger charge is 2.36. The third-order valence-corrected chi connectivity index (χ3v) is 5.79. The number of aromatic nitrogens is 2. The quantitative estimate of drug-likeness (QED) is 0.690. The molecule has 0 aliphatic carbocycles. The van der Waals surface area contributed by atoms with Gasteiger partial charge < -0.3 is 14.5 Å². The first-order valence-corrected chi connectivity index (χ1v) is 10.5. The molecule has 166 valence electrons. The summed E-state index contributed by atoms with van der Waals surface area (Å²) in [6.07, 6.45) is -0.423. The molecular weight excluding hydrogens is 409 g/mol. The number of likely N-dealkylation sites (tertiary alicyclic amines) is 1. The topological polar surface area (TPSA) is 58.6 Å². The van der Waals surface area contributed by atoms with Gasteiger partial charge in [-0.2, -0.15) is 13.2 Å². The van der Waals surface area contributed by atoms with Gasteiger partial charge in [-0.25, -0.2) is 9.97 Å². The summed E-state index contributed by atoms with van der Waals surface area (Å²) in [4.78, 5) is 22.9. The van der Waals surface area contributed by atoms with Gasteiger partial charge in [-0.1, -0.05) is 30.3 Å². The van der Waals surface area contributed by atoms with Crippen LogP contribution in [-0.4, -0.2) is 47.0 Å². The zero-order chi connectivity index (χ0) is 21.8. The fraction of sp³-hybridized carbons (Fsp3) is 0.500. The van der Waals surface area contributed by atoms with Crippen molar-refractivity contribution in [2.75, 3.05) is 31.1 Å². The van der Waals surface area contributed by atoms with Crippen LogP contribution in [0.3, 0.4) is 0 Å². The van der Waals surface area contributed by atoms with Gasteiger partial charge in [-0.15, -0.1) is 0 Å². The Morgan fingerprint density at radius 3 is 2.48 bits per heavy atom. The number of benzene rings is 1. The van der Waals surface area contributed by atoms with Crippen LogP contribution in [0.4, 0.5) is 19.0 Å². The Labute approximate surface area is 179 Å². The maximum absolute atomic E-state index is 13.2. The van der Waals surface area contributed by atoms with E-state index in [1.54, 1.807) is 0 Å². The maximum atomic E-state index is 13.2. The first kappa shape index (κ1) is 21.4. The normalized spacial score (nSPS) is 18.0. The van der Waals surface area contributed by atoms with E-state index in [9.17, 15) is 18.0 Å². The second-order valence-corrected chi connectivity index (χ2v) is 8.03. The van der Waals surface area contributed by atoms with E-state index in [-0.39, 0.29) is 24.1 Å². The fourth-order valence-electron chi connectivity index (χ4n) is 4.10. The summed E-state index contributed by atoms with van der Waals surface area (Å²) in [5.41, 5.74) is 0.905. The molecule has 2 aromatic rings. The predicted octanol–water partition coefficient (Wildman–Crippen LogP) is 3.91. The number of nitrogens with zero attached hydrogens (tertiary/aromatic N) is 4. The second-order valence-electron chi connectivity index (χ2n) is 8.03. The Bertz CT molecular complexity index is 899. The van der Waals surface area contributed by atoms with E-state index in [0.29, 0.717) is 25.4 Å². The highest BCUT2D eigenvalue weighted by molar-refractivity contribution is 5.78. The van der Waals surface area contributed by atoms with Crippen LogP contribution in [0.2, 0.25) is 0 Å². The van der Waals surface area contributed by atoms with Crippen LogP contribution >= 0.6 is 0 Å². The number of carbonyl (C=O) groups is 1. The van der Waals surface area contributed by atoms with Gasteiger partial charge in [0, 0.05) is 32.6 Å². The van der Waals surface area contributed by atoms with Crippen LogP contribution < -0.4 is 9.64 Å². The molecule has 0 spiro atoms. The molecule has 3 heterocycles. The number of ether oxygens (including phenoxy) is 1. The molecule has 1 aromatic carbocycles. The number of hydrogen-bond acceptors (Lipinski definition) is 5. The molecule has 2 aliphatic rings. The number of piperidine rings is 1. The molecular formula is C22H25F3N4O2. The predicted molar refractivity (Wildman–Crippen MR) is 109 cm³/mol. The lowest BCUT2D eigenvalue weighted by atomic mass is 9.96. The van der Waals surface area contributed by atoms with Crippen molar-refractivity contribution in [1.29, 1.82) is 0 Å². The molecule has 1 amide bonds. The SMILES string of the molecule is O=C1CCCN1CC1CCN(c2nc(C(F)(F)F)ncc2OCc2ccccc2)CC1. The molecule has 0 bridgehead atoms. The zero-order valence-corrected chi connectivity index (χ0v) is 17.1. The van der Waals surface area contributed by atoms with E-state index in [0.717, 1.165) is 44.1 Å². The first-order valence-electron chi connectivity index (χ1n) is 10.5. The highest BCUT2D eigenvalue weighted by Crippen LogP contribution is 2.34. The average molecular weight is 434 g/mol. The van der Waals surface area contributed by atoms with E-state index >= 15 is 0 Å². The van der Waals surface area contributed by atoms with Crippen molar-refractivity contribution in [3.8, 4) is 5.75 Å². The molecule has 9 heteroatoms. The molecule has 1 aromatic heterocycles. The molecule has 0 saturated carbocycles. The number of amides is 1. The van der Waals surface area contributed by atoms with Gasteiger partial charge in [-0.3, -0.25) is 4.79 Å². The molecule has 2 saturated heterocycles. The van der Waals surface area contributed by atoms with Gasteiger partial charge in [0.15, 0.2) is 11.6 Å². The van der Waals surface area contributed by atoms with Crippen molar-refractivity contribution in [3.63, 3.8) is 0 Å². The van der Waals surface area contributed by atoms with E-state index in [1.165, 1.54) is 0 Å². The summed E-state index contributed by atoms with van der Waals surface area (Å²) in [6, 6.07) is 9.40. The van der Waals surface area contributed by atoms with Crippen molar-refractivity contribution in [3.05, 3.63) is 47.9 Å². The minimum Gasteiger partial charge on any atom is -0.483 e. The van der Waals surface area contributed by atoms with E-state index < -0.39 is 12.0 Å². The Balaban J connectivity index is 1.46. The monoisotopic (exact) mass is 434 g/mol.